The van der Waals surface area contributed by atoms with Gasteiger partial charge in [0.15, 0.2) is 0 Å². The number of hydrogen-bond acceptors (Lipinski definition) is 2. The van der Waals surface area contributed by atoms with E-state index in [1.54, 1.807) is 0 Å². The Labute approximate surface area is 132 Å². The summed E-state index contributed by atoms with van der Waals surface area (Å²) in [5.74, 6) is 1.77. The lowest BCUT2D eigenvalue weighted by Gasteiger charge is -2.51. The first-order valence-corrected chi connectivity index (χ1v) is 9.65. The first-order chi connectivity index (χ1) is 10.1. The van der Waals surface area contributed by atoms with Crippen LogP contribution in [0.2, 0.25) is 0 Å². The molecule has 3 rings (SSSR count). The molecule has 2 heteroatoms. The average molecular weight is 293 g/mol. The van der Waals surface area contributed by atoms with Crippen LogP contribution >= 0.6 is 0 Å². The summed E-state index contributed by atoms with van der Waals surface area (Å²) in [5, 5.41) is 3.97. The Morgan fingerprint density at radius 2 is 1.76 bits per heavy atom. The number of nitrogens with one attached hydrogen (secondary N) is 1. The molecular weight excluding hydrogens is 256 g/mol. The molecule has 3 atom stereocenters. The smallest absolute Gasteiger partial charge is 0.0309 e. The summed E-state index contributed by atoms with van der Waals surface area (Å²) in [7, 11) is 0. The van der Waals surface area contributed by atoms with Crippen molar-refractivity contribution >= 4 is 0 Å². The first-order valence-electron chi connectivity index (χ1n) is 9.65. The molecule has 0 aromatic rings. The number of piperazine rings is 1. The molecule has 3 fully saturated rings. The third kappa shape index (κ3) is 3.47. The lowest BCUT2D eigenvalue weighted by atomic mass is 9.85. The Morgan fingerprint density at radius 1 is 1.10 bits per heavy atom. The Kier molecular flexibility index (Phi) is 4.95. The van der Waals surface area contributed by atoms with E-state index in [0.29, 0.717) is 5.54 Å². The Morgan fingerprint density at radius 3 is 2.33 bits per heavy atom. The van der Waals surface area contributed by atoms with Crippen molar-refractivity contribution in [3.8, 4) is 0 Å². The van der Waals surface area contributed by atoms with Crippen molar-refractivity contribution in [2.75, 3.05) is 13.1 Å². The second-order valence-electron chi connectivity index (χ2n) is 8.34. The van der Waals surface area contributed by atoms with Gasteiger partial charge >= 0.3 is 0 Å². The molecule has 1 N–H and O–H groups in total. The van der Waals surface area contributed by atoms with Gasteiger partial charge < -0.3 is 5.32 Å². The molecule has 0 aromatic carbocycles. The first kappa shape index (κ1) is 15.8. The highest BCUT2D eigenvalue weighted by atomic mass is 15.3. The van der Waals surface area contributed by atoms with Gasteiger partial charge in [0.1, 0.15) is 0 Å². The number of hydrogen-bond donors (Lipinski definition) is 1. The highest BCUT2D eigenvalue weighted by molar-refractivity contribution is 5.05. The summed E-state index contributed by atoms with van der Waals surface area (Å²) < 4.78 is 0. The normalized spacial score (nSPS) is 38.1. The summed E-state index contributed by atoms with van der Waals surface area (Å²) in [6.45, 7) is 9.86. The minimum absolute atomic E-state index is 0.399. The Bertz CT molecular complexity index is 330. The molecule has 0 amide bonds. The monoisotopic (exact) mass is 292 g/mol. The van der Waals surface area contributed by atoms with Gasteiger partial charge in [-0.05, 0) is 44.4 Å². The van der Waals surface area contributed by atoms with Crippen molar-refractivity contribution in [1.82, 2.24) is 10.2 Å². The van der Waals surface area contributed by atoms with Gasteiger partial charge in [-0.1, -0.05) is 46.0 Å². The second kappa shape index (κ2) is 6.58. The van der Waals surface area contributed by atoms with Crippen molar-refractivity contribution in [2.45, 2.75) is 96.2 Å². The average Bonchev–Trinajstić information content (AvgIpc) is 3.32. The van der Waals surface area contributed by atoms with E-state index >= 15 is 0 Å². The van der Waals surface area contributed by atoms with E-state index in [0.717, 1.165) is 23.9 Å². The minimum atomic E-state index is 0.399. The second-order valence-corrected chi connectivity index (χ2v) is 8.34. The van der Waals surface area contributed by atoms with Gasteiger partial charge in [0.2, 0.25) is 0 Å². The predicted molar refractivity (Wildman–Crippen MR) is 90.6 cm³/mol. The third-order valence-corrected chi connectivity index (χ3v) is 6.72. The van der Waals surface area contributed by atoms with Crippen LogP contribution < -0.4 is 5.32 Å². The molecule has 3 aliphatic rings. The zero-order chi connectivity index (χ0) is 14.9. The minimum Gasteiger partial charge on any atom is -0.308 e. The van der Waals surface area contributed by atoms with Gasteiger partial charge in [0, 0.05) is 30.7 Å². The van der Waals surface area contributed by atoms with Crippen LogP contribution in [0.25, 0.3) is 0 Å². The standard InChI is InChI=1S/C19H36N2/c1-4-15(2)18-13-20-19(3,16-11-12-16)14-21(18)17-9-7-5-6-8-10-17/h15-18,20H,4-14H2,1-3H3. The fourth-order valence-corrected chi connectivity index (χ4v) is 4.79. The zero-order valence-electron chi connectivity index (χ0n) is 14.5. The van der Waals surface area contributed by atoms with Gasteiger partial charge in [-0.3, -0.25) is 4.90 Å². The lowest BCUT2D eigenvalue weighted by Crippen LogP contribution is -2.67. The van der Waals surface area contributed by atoms with Crippen LogP contribution in [0.3, 0.4) is 0 Å². The van der Waals surface area contributed by atoms with E-state index in [2.05, 4.69) is 31.0 Å². The SMILES string of the molecule is CCC(C)C1CNC(C)(C2CC2)CN1C1CCCCCC1. The predicted octanol–water partition coefficient (Wildman–Crippen LogP) is 4.20. The van der Waals surface area contributed by atoms with E-state index in [1.807, 2.05) is 0 Å². The van der Waals surface area contributed by atoms with Crippen molar-refractivity contribution in [2.24, 2.45) is 11.8 Å². The molecule has 1 aliphatic heterocycles. The summed E-state index contributed by atoms with van der Waals surface area (Å²) in [4.78, 5) is 2.97. The quantitative estimate of drug-likeness (QED) is 0.781. The van der Waals surface area contributed by atoms with Crippen molar-refractivity contribution in [1.29, 1.82) is 0 Å². The van der Waals surface area contributed by atoms with Gasteiger partial charge in [0.05, 0.1) is 0 Å². The molecule has 2 saturated carbocycles. The third-order valence-electron chi connectivity index (χ3n) is 6.72. The highest BCUT2D eigenvalue weighted by Gasteiger charge is 2.47. The maximum Gasteiger partial charge on any atom is 0.0309 e. The molecule has 2 aliphatic carbocycles. The topological polar surface area (TPSA) is 15.3 Å². The maximum absolute atomic E-state index is 3.97. The van der Waals surface area contributed by atoms with Crippen LogP contribution in [0.5, 0.6) is 0 Å². The van der Waals surface area contributed by atoms with Crippen LogP contribution in [-0.4, -0.2) is 35.6 Å². The van der Waals surface area contributed by atoms with Gasteiger partial charge in [-0.25, -0.2) is 0 Å². The maximum atomic E-state index is 3.97. The van der Waals surface area contributed by atoms with Crippen molar-refractivity contribution in [3.05, 3.63) is 0 Å². The molecule has 21 heavy (non-hydrogen) atoms. The van der Waals surface area contributed by atoms with Crippen LogP contribution in [0.1, 0.15) is 78.6 Å². The largest absolute Gasteiger partial charge is 0.308 e. The Hall–Kier alpha value is -0.0800. The Balaban J connectivity index is 1.74. The molecule has 0 radical (unpaired) electrons. The summed E-state index contributed by atoms with van der Waals surface area (Å²) in [6.07, 6.45) is 13.0. The molecule has 0 bridgehead atoms. The molecule has 2 nitrogen and oxygen atoms in total. The summed E-state index contributed by atoms with van der Waals surface area (Å²) in [5.41, 5.74) is 0.399. The van der Waals surface area contributed by atoms with Crippen LogP contribution in [0, 0.1) is 11.8 Å². The molecule has 1 saturated heterocycles. The van der Waals surface area contributed by atoms with Gasteiger partial charge in [-0.15, -0.1) is 0 Å². The summed E-state index contributed by atoms with van der Waals surface area (Å²) in [6, 6.07) is 1.64. The molecule has 0 aromatic heterocycles. The molecule has 3 unspecified atom stereocenters. The van der Waals surface area contributed by atoms with Gasteiger partial charge in [-0.2, -0.15) is 0 Å². The van der Waals surface area contributed by atoms with E-state index in [9.17, 15) is 0 Å². The van der Waals surface area contributed by atoms with E-state index in [-0.39, 0.29) is 0 Å². The molecule has 1 heterocycles. The summed E-state index contributed by atoms with van der Waals surface area (Å²) >= 11 is 0. The van der Waals surface area contributed by atoms with E-state index in [4.69, 9.17) is 0 Å². The van der Waals surface area contributed by atoms with Crippen molar-refractivity contribution < 1.29 is 0 Å². The highest BCUT2D eigenvalue weighted by Crippen LogP contribution is 2.43. The molecule has 122 valence electrons. The van der Waals surface area contributed by atoms with Crippen LogP contribution in [-0.2, 0) is 0 Å². The lowest BCUT2D eigenvalue weighted by molar-refractivity contribution is 0.00908. The van der Waals surface area contributed by atoms with Crippen molar-refractivity contribution in [3.63, 3.8) is 0 Å². The van der Waals surface area contributed by atoms with Gasteiger partial charge in [0.25, 0.3) is 0 Å². The van der Waals surface area contributed by atoms with Crippen LogP contribution in [0.15, 0.2) is 0 Å². The molecular formula is C19H36N2. The number of nitrogens with zero attached hydrogens (tertiary/aromatic N) is 1. The number of rotatable bonds is 4. The zero-order valence-corrected chi connectivity index (χ0v) is 14.5. The van der Waals surface area contributed by atoms with Crippen LogP contribution in [0.4, 0.5) is 0 Å². The molecule has 0 spiro atoms. The fraction of sp³-hybridized carbons (Fsp3) is 1.00. The van der Waals surface area contributed by atoms with E-state index in [1.165, 1.54) is 70.9 Å². The fourth-order valence-electron chi connectivity index (χ4n) is 4.79. The van der Waals surface area contributed by atoms with E-state index < -0.39 is 0 Å².